The van der Waals surface area contributed by atoms with Crippen molar-refractivity contribution < 1.29 is 9.52 Å². The normalized spacial score (nSPS) is 12.0. The van der Waals surface area contributed by atoms with Crippen LogP contribution in [0.5, 0.6) is 0 Å². The van der Waals surface area contributed by atoms with Crippen LogP contribution in [0.3, 0.4) is 0 Å². The first kappa shape index (κ1) is 16.0. The first-order chi connectivity index (χ1) is 9.95. The van der Waals surface area contributed by atoms with Crippen LogP contribution in [0.25, 0.3) is 0 Å². The van der Waals surface area contributed by atoms with Gasteiger partial charge in [-0.15, -0.1) is 10.2 Å². The van der Waals surface area contributed by atoms with Crippen LogP contribution in [-0.4, -0.2) is 24.9 Å². The molecule has 2 rings (SSSR count). The highest BCUT2D eigenvalue weighted by atomic mass is 32.2. The highest BCUT2D eigenvalue weighted by molar-refractivity contribution is 7.98. The van der Waals surface area contributed by atoms with Crippen molar-refractivity contribution in [1.29, 1.82) is 0 Å². The van der Waals surface area contributed by atoms with Crippen LogP contribution in [0.1, 0.15) is 51.6 Å². The molecular formula is C14H22N4O2S. The molecule has 0 aromatic carbocycles. The fourth-order valence-corrected chi connectivity index (χ4v) is 2.68. The zero-order valence-electron chi connectivity index (χ0n) is 13.0. The first-order valence-electron chi connectivity index (χ1n) is 7.06. The van der Waals surface area contributed by atoms with Gasteiger partial charge < -0.3 is 14.1 Å². The van der Waals surface area contributed by atoms with Crippen LogP contribution in [0.2, 0.25) is 0 Å². The third kappa shape index (κ3) is 3.85. The van der Waals surface area contributed by atoms with Gasteiger partial charge in [0, 0.05) is 12.0 Å². The summed E-state index contributed by atoms with van der Waals surface area (Å²) >= 11 is 1.52. The van der Waals surface area contributed by atoms with E-state index in [1.54, 1.807) is 6.20 Å². The summed E-state index contributed by atoms with van der Waals surface area (Å²) < 4.78 is 7.71. The van der Waals surface area contributed by atoms with E-state index in [0.29, 0.717) is 17.5 Å². The Labute approximate surface area is 129 Å². The molecule has 7 heteroatoms. The summed E-state index contributed by atoms with van der Waals surface area (Å²) in [5.74, 6) is 2.76. The van der Waals surface area contributed by atoms with Crippen LogP contribution in [0.4, 0.5) is 0 Å². The van der Waals surface area contributed by atoms with Gasteiger partial charge in [0.25, 0.3) is 0 Å². The number of aliphatic hydroxyl groups excluding tert-OH is 1. The maximum atomic E-state index is 9.27. The Morgan fingerprint density at radius 3 is 2.67 bits per heavy atom. The van der Waals surface area contributed by atoms with Crippen molar-refractivity contribution in [2.45, 2.75) is 63.6 Å². The minimum atomic E-state index is -0.0965. The third-order valence-electron chi connectivity index (χ3n) is 3.00. The molecule has 0 unspecified atom stereocenters. The topological polar surface area (TPSA) is 77.0 Å². The van der Waals surface area contributed by atoms with Crippen LogP contribution >= 0.6 is 11.8 Å². The molecule has 2 heterocycles. The average molecular weight is 310 g/mol. The molecule has 0 aliphatic rings. The Balaban J connectivity index is 2.06. The number of hydrogen-bond donors (Lipinski definition) is 1. The Morgan fingerprint density at radius 2 is 2.10 bits per heavy atom. The van der Waals surface area contributed by atoms with Crippen LogP contribution in [0, 0.1) is 0 Å². The van der Waals surface area contributed by atoms with Crippen molar-refractivity contribution >= 4 is 11.8 Å². The molecule has 0 aliphatic heterocycles. The molecule has 1 N–H and O–H groups in total. The minimum absolute atomic E-state index is 0.0395. The van der Waals surface area contributed by atoms with E-state index in [4.69, 9.17) is 4.42 Å². The molecule has 116 valence electrons. The quantitative estimate of drug-likeness (QED) is 0.827. The lowest BCUT2D eigenvalue weighted by Crippen LogP contribution is -2.09. The summed E-state index contributed by atoms with van der Waals surface area (Å²) in [5, 5.41) is 18.2. The average Bonchev–Trinajstić information content (AvgIpc) is 3.03. The lowest BCUT2D eigenvalue weighted by molar-refractivity contribution is 0.263. The Bertz CT molecular complexity index is 586. The largest absolute Gasteiger partial charge is 0.444 e. The molecule has 2 aromatic rings. The maximum absolute atomic E-state index is 9.27. The molecule has 0 saturated carbocycles. The van der Waals surface area contributed by atoms with Gasteiger partial charge in [-0.3, -0.25) is 0 Å². The van der Waals surface area contributed by atoms with Gasteiger partial charge in [0.15, 0.2) is 11.0 Å². The Kier molecular flexibility index (Phi) is 5.05. The van der Waals surface area contributed by atoms with Crippen molar-refractivity contribution in [2.75, 3.05) is 0 Å². The van der Waals surface area contributed by atoms with E-state index >= 15 is 0 Å². The fraction of sp³-hybridized carbons (Fsp3) is 0.643. The summed E-state index contributed by atoms with van der Waals surface area (Å²) in [6.45, 7) is 9.06. The Morgan fingerprint density at radius 1 is 1.33 bits per heavy atom. The highest BCUT2D eigenvalue weighted by Gasteiger charge is 2.19. The van der Waals surface area contributed by atoms with Crippen LogP contribution in [-0.2, 0) is 24.3 Å². The minimum Gasteiger partial charge on any atom is -0.444 e. The lowest BCUT2D eigenvalue weighted by atomic mass is 9.94. The number of nitrogens with zero attached hydrogens (tertiary/aromatic N) is 4. The summed E-state index contributed by atoms with van der Waals surface area (Å²) in [7, 11) is 0. The summed E-state index contributed by atoms with van der Waals surface area (Å²) in [6.07, 6.45) is 2.75. The fourth-order valence-electron chi connectivity index (χ4n) is 1.84. The molecule has 21 heavy (non-hydrogen) atoms. The lowest BCUT2D eigenvalue weighted by Gasteiger charge is -2.13. The number of aliphatic hydroxyl groups is 1. The second kappa shape index (κ2) is 6.62. The molecule has 0 radical (unpaired) electrons. The molecule has 0 aliphatic carbocycles. The molecule has 0 saturated heterocycles. The van der Waals surface area contributed by atoms with Gasteiger partial charge in [-0.1, -0.05) is 39.5 Å². The number of aromatic nitrogens is 4. The molecule has 0 amide bonds. The highest BCUT2D eigenvalue weighted by Crippen LogP contribution is 2.26. The summed E-state index contributed by atoms with van der Waals surface area (Å²) in [5.41, 5.74) is -0.0395. The second-order valence-electron chi connectivity index (χ2n) is 5.87. The number of thioether (sulfide) groups is 1. The first-order valence-corrected chi connectivity index (χ1v) is 8.05. The van der Waals surface area contributed by atoms with E-state index in [2.05, 4.69) is 42.9 Å². The molecule has 2 aromatic heterocycles. The van der Waals surface area contributed by atoms with E-state index < -0.39 is 0 Å². The number of hydrogen-bond acceptors (Lipinski definition) is 6. The van der Waals surface area contributed by atoms with Gasteiger partial charge in [-0.25, -0.2) is 4.98 Å². The molecule has 0 fully saturated rings. The van der Waals surface area contributed by atoms with Crippen molar-refractivity contribution in [3.8, 4) is 0 Å². The van der Waals surface area contributed by atoms with E-state index in [9.17, 15) is 5.11 Å². The molecule has 0 bridgehead atoms. The molecule has 0 spiro atoms. The van der Waals surface area contributed by atoms with Gasteiger partial charge in [-0.05, 0) is 6.42 Å². The van der Waals surface area contributed by atoms with E-state index in [-0.39, 0.29) is 12.0 Å². The zero-order chi connectivity index (χ0) is 15.5. The predicted octanol–water partition coefficient (Wildman–Crippen LogP) is 2.76. The smallest absolute Gasteiger partial charge is 0.204 e. The van der Waals surface area contributed by atoms with Gasteiger partial charge in [0.1, 0.15) is 12.4 Å². The summed E-state index contributed by atoms with van der Waals surface area (Å²) in [4.78, 5) is 4.31. The number of rotatable bonds is 6. The summed E-state index contributed by atoms with van der Waals surface area (Å²) in [6, 6.07) is 0. The van der Waals surface area contributed by atoms with Crippen LogP contribution in [0.15, 0.2) is 15.8 Å². The van der Waals surface area contributed by atoms with Gasteiger partial charge in [0.2, 0.25) is 5.89 Å². The maximum Gasteiger partial charge on any atom is 0.204 e. The Hall–Kier alpha value is -1.34. The standard InChI is InChI=1S/C14H22N4O2S/c1-5-6-18-11(8-19)16-17-13(18)21-9-12-15-7-10(20-12)14(2,3)4/h7,19H,5-6,8-9H2,1-4H3. The van der Waals surface area contributed by atoms with Crippen molar-refractivity contribution in [2.24, 2.45) is 0 Å². The molecule has 6 nitrogen and oxygen atoms in total. The van der Waals surface area contributed by atoms with Crippen molar-refractivity contribution in [3.05, 3.63) is 23.7 Å². The van der Waals surface area contributed by atoms with Crippen molar-refractivity contribution in [1.82, 2.24) is 19.7 Å². The molecular weight excluding hydrogens is 288 g/mol. The SMILES string of the molecule is CCCn1c(CO)nnc1SCc1ncc(C(C)(C)C)o1. The monoisotopic (exact) mass is 310 g/mol. The predicted molar refractivity (Wildman–Crippen MR) is 81.0 cm³/mol. The molecule has 0 atom stereocenters. The van der Waals surface area contributed by atoms with Gasteiger partial charge in [0.05, 0.1) is 11.9 Å². The van der Waals surface area contributed by atoms with E-state index in [1.165, 1.54) is 11.8 Å². The zero-order valence-corrected chi connectivity index (χ0v) is 13.8. The third-order valence-corrected chi connectivity index (χ3v) is 3.95. The van der Waals surface area contributed by atoms with Gasteiger partial charge >= 0.3 is 0 Å². The van der Waals surface area contributed by atoms with Gasteiger partial charge in [-0.2, -0.15) is 0 Å². The van der Waals surface area contributed by atoms with Crippen molar-refractivity contribution in [3.63, 3.8) is 0 Å². The second-order valence-corrected chi connectivity index (χ2v) is 6.81. The number of oxazole rings is 1. The van der Waals surface area contributed by atoms with E-state index in [1.807, 2.05) is 4.57 Å². The van der Waals surface area contributed by atoms with E-state index in [0.717, 1.165) is 23.9 Å². The van der Waals surface area contributed by atoms with Crippen LogP contribution < -0.4 is 0 Å².